The number of carboxylic acids is 1. The molecule has 0 aliphatic carbocycles. The number of carboxylic acid groups (broad SMARTS) is 1. The lowest BCUT2D eigenvalue weighted by Crippen LogP contribution is -2.48. The summed E-state index contributed by atoms with van der Waals surface area (Å²) < 4.78 is 34.9. The summed E-state index contributed by atoms with van der Waals surface area (Å²) in [5.41, 5.74) is 5.06. The van der Waals surface area contributed by atoms with Crippen molar-refractivity contribution in [2.45, 2.75) is 43.5 Å². The zero-order valence-electron chi connectivity index (χ0n) is 24.1. The Morgan fingerprint density at radius 1 is 0.930 bits per heavy atom. The van der Waals surface area contributed by atoms with Crippen molar-refractivity contribution in [2.24, 2.45) is 0 Å². The van der Waals surface area contributed by atoms with Gasteiger partial charge in [0.15, 0.2) is 0 Å². The van der Waals surface area contributed by atoms with Crippen molar-refractivity contribution in [3.05, 3.63) is 114 Å². The number of sulfonamides is 1. The number of rotatable bonds is 11. The molecule has 222 valence electrons. The van der Waals surface area contributed by atoms with Crippen LogP contribution >= 0.6 is 0 Å². The molecular formula is C34H34N2O6S. The Labute approximate surface area is 252 Å². The summed E-state index contributed by atoms with van der Waals surface area (Å²) in [6.45, 7) is 4.59. The Hall–Kier alpha value is -4.63. The summed E-state index contributed by atoms with van der Waals surface area (Å²) in [6, 6.07) is 27.9. The highest BCUT2D eigenvalue weighted by atomic mass is 32.2. The van der Waals surface area contributed by atoms with Crippen LogP contribution < -0.4 is 14.4 Å². The van der Waals surface area contributed by atoms with Gasteiger partial charge >= 0.3 is 5.97 Å². The maximum atomic E-state index is 14.0. The van der Waals surface area contributed by atoms with Crippen LogP contribution in [0.5, 0.6) is 5.75 Å². The molecule has 43 heavy (non-hydrogen) atoms. The first-order valence-corrected chi connectivity index (χ1v) is 15.6. The van der Waals surface area contributed by atoms with Gasteiger partial charge in [0.2, 0.25) is 5.91 Å². The minimum atomic E-state index is -4.05. The normalized spacial score (nSPS) is 14.4. The number of para-hydroxylation sites is 1. The highest BCUT2D eigenvalue weighted by Crippen LogP contribution is 2.37. The highest BCUT2D eigenvalue weighted by Gasteiger charge is 2.42. The zero-order chi connectivity index (χ0) is 30.6. The van der Waals surface area contributed by atoms with Gasteiger partial charge in [-0.05, 0) is 64.1 Å². The molecule has 1 aliphatic heterocycles. The fourth-order valence-corrected chi connectivity index (χ4v) is 6.85. The maximum Gasteiger partial charge on any atom is 0.307 e. The van der Waals surface area contributed by atoms with Gasteiger partial charge in [-0.3, -0.25) is 13.9 Å². The summed E-state index contributed by atoms with van der Waals surface area (Å²) in [5, 5.41) is 11.7. The molecule has 4 aromatic rings. The zero-order valence-corrected chi connectivity index (χ0v) is 24.9. The molecule has 5 rings (SSSR count). The molecule has 0 unspecified atom stereocenters. The van der Waals surface area contributed by atoms with Crippen LogP contribution in [0.15, 0.2) is 102 Å². The summed E-state index contributed by atoms with van der Waals surface area (Å²) in [5.74, 6) is -0.407. The number of amides is 1. The quantitative estimate of drug-likeness (QED) is 0.223. The van der Waals surface area contributed by atoms with Crippen LogP contribution in [-0.4, -0.2) is 44.6 Å². The molecule has 0 fully saturated rings. The molecule has 2 N–H and O–H groups in total. The number of hydrogen-bond donors (Lipinski definition) is 2. The average molecular weight is 599 g/mol. The van der Waals surface area contributed by atoms with Crippen molar-refractivity contribution in [2.75, 3.05) is 17.5 Å². The smallest absolute Gasteiger partial charge is 0.307 e. The molecule has 0 radical (unpaired) electrons. The van der Waals surface area contributed by atoms with E-state index in [-0.39, 0.29) is 30.9 Å². The van der Waals surface area contributed by atoms with Gasteiger partial charge in [0, 0.05) is 6.42 Å². The van der Waals surface area contributed by atoms with Crippen molar-refractivity contribution >= 4 is 27.6 Å². The van der Waals surface area contributed by atoms with Crippen LogP contribution in [0.25, 0.3) is 11.1 Å². The van der Waals surface area contributed by atoms with E-state index in [9.17, 15) is 18.0 Å². The minimum absolute atomic E-state index is 0.0736. The van der Waals surface area contributed by atoms with E-state index in [2.05, 4.69) is 31.3 Å². The lowest BCUT2D eigenvalue weighted by atomic mass is 9.97. The number of ether oxygens (including phenoxy) is 1. The third kappa shape index (κ3) is 6.73. The van der Waals surface area contributed by atoms with Gasteiger partial charge in [-0.1, -0.05) is 80.6 Å². The van der Waals surface area contributed by atoms with Gasteiger partial charge in [0.05, 0.1) is 23.5 Å². The Kier molecular flexibility index (Phi) is 8.82. The first kappa shape index (κ1) is 29.8. The van der Waals surface area contributed by atoms with Crippen LogP contribution in [0.3, 0.4) is 0 Å². The van der Waals surface area contributed by atoms with E-state index in [0.29, 0.717) is 22.9 Å². The van der Waals surface area contributed by atoms with Gasteiger partial charge < -0.3 is 15.2 Å². The Morgan fingerprint density at radius 3 is 2.35 bits per heavy atom. The third-order valence-corrected chi connectivity index (χ3v) is 9.31. The number of nitrogens with zero attached hydrogens (tertiary/aromatic N) is 1. The number of fused-ring (bicyclic) bond motifs is 1. The molecule has 1 aliphatic rings. The molecule has 0 saturated heterocycles. The minimum Gasteiger partial charge on any atom is -0.492 e. The first-order valence-electron chi connectivity index (χ1n) is 14.2. The number of nitrogens with one attached hydrogen (secondary N) is 1. The van der Waals surface area contributed by atoms with Crippen LogP contribution in [0.4, 0.5) is 5.69 Å². The predicted molar refractivity (Wildman–Crippen MR) is 166 cm³/mol. The molecule has 0 bridgehead atoms. The van der Waals surface area contributed by atoms with Crippen molar-refractivity contribution in [1.29, 1.82) is 0 Å². The molecule has 1 amide bonds. The van der Waals surface area contributed by atoms with Crippen LogP contribution in [0, 0.1) is 0 Å². The summed E-state index contributed by atoms with van der Waals surface area (Å²) in [6.07, 6.45) is 0.184. The van der Waals surface area contributed by atoms with Gasteiger partial charge in [0.25, 0.3) is 10.0 Å². The van der Waals surface area contributed by atoms with E-state index in [1.165, 1.54) is 9.87 Å². The topological polar surface area (TPSA) is 113 Å². The highest BCUT2D eigenvalue weighted by molar-refractivity contribution is 7.93. The fraction of sp³-hybridized carbons (Fsp3) is 0.235. The molecule has 0 spiro atoms. The molecular weight excluding hydrogens is 564 g/mol. The fourth-order valence-electron chi connectivity index (χ4n) is 5.20. The molecule has 9 heteroatoms. The molecule has 1 heterocycles. The van der Waals surface area contributed by atoms with E-state index in [1.54, 1.807) is 60.7 Å². The average Bonchev–Trinajstić information content (AvgIpc) is 3.41. The Morgan fingerprint density at radius 2 is 1.65 bits per heavy atom. The second-order valence-electron chi connectivity index (χ2n) is 10.8. The van der Waals surface area contributed by atoms with E-state index >= 15 is 0 Å². The lowest BCUT2D eigenvalue weighted by Gasteiger charge is -2.26. The lowest BCUT2D eigenvalue weighted by molar-refractivity contribution is -0.136. The van der Waals surface area contributed by atoms with Gasteiger partial charge in [0.1, 0.15) is 18.4 Å². The Bertz CT molecular complexity index is 1720. The SMILES string of the molecule is CC(C)c1cccc(-c2ccc(S(=O)(=O)N3c4ccccc4C[C@H]3C(=O)NCCOc3ccc(CC(=O)O)cc3)cc2)c1. The van der Waals surface area contributed by atoms with E-state index in [1.807, 2.05) is 24.3 Å². The first-order chi connectivity index (χ1) is 20.6. The van der Waals surface area contributed by atoms with Gasteiger partial charge in [-0.25, -0.2) is 8.42 Å². The predicted octanol–water partition coefficient (Wildman–Crippen LogP) is 5.42. The summed E-state index contributed by atoms with van der Waals surface area (Å²) >= 11 is 0. The Balaban J connectivity index is 1.29. The monoisotopic (exact) mass is 598 g/mol. The second kappa shape index (κ2) is 12.7. The van der Waals surface area contributed by atoms with E-state index in [4.69, 9.17) is 9.84 Å². The third-order valence-electron chi connectivity index (χ3n) is 7.47. The number of hydrogen-bond acceptors (Lipinski definition) is 5. The van der Waals surface area contributed by atoms with Crippen molar-refractivity contribution in [1.82, 2.24) is 5.32 Å². The van der Waals surface area contributed by atoms with Crippen LogP contribution in [0.1, 0.15) is 36.5 Å². The summed E-state index contributed by atoms with van der Waals surface area (Å²) in [4.78, 5) is 24.3. The van der Waals surface area contributed by atoms with E-state index in [0.717, 1.165) is 16.7 Å². The molecule has 8 nitrogen and oxygen atoms in total. The molecule has 4 aromatic carbocycles. The van der Waals surface area contributed by atoms with E-state index < -0.39 is 27.9 Å². The largest absolute Gasteiger partial charge is 0.492 e. The number of carbonyl (C=O) groups excluding carboxylic acids is 1. The number of anilines is 1. The second-order valence-corrected chi connectivity index (χ2v) is 12.6. The molecule has 1 atom stereocenters. The molecule has 0 saturated carbocycles. The van der Waals surface area contributed by atoms with Crippen molar-refractivity contribution in [3.63, 3.8) is 0 Å². The molecule has 0 aromatic heterocycles. The van der Waals surface area contributed by atoms with Gasteiger partial charge in [-0.15, -0.1) is 0 Å². The number of aliphatic carboxylic acids is 1. The van der Waals surface area contributed by atoms with Crippen molar-refractivity contribution < 1.29 is 27.9 Å². The van der Waals surface area contributed by atoms with Crippen molar-refractivity contribution in [3.8, 4) is 16.9 Å². The number of benzene rings is 4. The summed E-state index contributed by atoms with van der Waals surface area (Å²) in [7, 11) is -4.05. The van der Waals surface area contributed by atoms with Gasteiger partial charge in [-0.2, -0.15) is 0 Å². The standard InChI is InChI=1S/C34H34N2O6S/c1-23(2)26-7-5-8-27(21-26)25-12-16-30(17-13-25)43(40,41)36-31-9-4-3-6-28(31)22-32(36)34(39)35-18-19-42-29-14-10-24(11-15-29)20-33(37)38/h3-17,21,23,32H,18-20,22H2,1-2H3,(H,35,39)(H,37,38)/t32-/m0/s1. The van der Waals surface area contributed by atoms with Crippen LogP contribution in [0.2, 0.25) is 0 Å². The maximum absolute atomic E-state index is 14.0. The number of carbonyl (C=O) groups is 2. The van der Waals surface area contributed by atoms with Crippen LogP contribution in [-0.2, 0) is 32.5 Å².